The molecule has 2 aromatic carbocycles. The van der Waals surface area contributed by atoms with Crippen LogP contribution in [0.4, 0.5) is 0 Å². The zero-order valence-corrected chi connectivity index (χ0v) is 28.5. The van der Waals surface area contributed by atoms with Crippen LogP contribution < -0.4 is 0 Å². The molecular formula is C36H42O2P2Pt+2. The van der Waals surface area contributed by atoms with Gasteiger partial charge in [0, 0.05) is 21.1 Å². The third kappa shape index (κ3) is 6.99. The number of phenols is 2. The van der Waals surface area contributed by atoms with E-state index in [0.29, 0.717) is 38.7 Å². The van der Waals surface area contributed by atoms with Crippen LogP contribution in [-0.2, 0) is 33.9 Å². The van der Waals surface area contributed by atoms with Crippen molar-refractivity contribution < 1.29 is 31.3 Å². The van der Waals surface area contributed by atoms with Gasteiger partial charge in [0.1, 0.15) is 27.9 Å². The standard InChI is InChI=1S/C36H40O2P2.Pt/c1-35(15-7-8-16-35)23-25-19-31(27-11-3-5-13-29(27)37)39-33(21-25)34-22-26(24-36(2)17-9-10-18-36)20-32(40-34)28-12-4-6-14-30(28)38;/h3-6,11-14,19-22,37-38H,7-10,15-18,23-24H2,1-2H3;/p+2. The number of para-hydroxylation sites is 2. The van der Waals surface area contributed by atoms with E-state index in [0.717, 1.165) is 24.0 Å². The third-order valence-electron chi connectivity index (χ3n) is 9.42. The zero-order chi connectivity index (χ0) is 27.7. The molecule has 0 spiro atoms. The average molecular weight is 764 g/mol. The van der Waals surface area contributed by atoms with E-state index in [2.05, 4.69) is 50.2 Å². The summed E-state index contributed by atoms with van der Waals surface area (Å²) in [5, 5.41) is 26.9. The van der Waals surface area contributed by atoms with Crippen molar-refractivity contribution in [3.05, 3.63) is 83.9 Å². The van der Waals surface area contributed by atoms with Gasteiger partial charge in [-0.25, -0.2) is 0 Å². The fourth-order valence-corrected chi connectivity index (χ4v) is 10.3. The first-order valence-electron chi connectivity index (χ1n) is 15.0. The summed E-state index contributed by atoms with van der Waals surface area (Å²) in [5.74, 6) is 0.732. The minimum atomic E-state index is 0. The van der Waals surface area contributed by atoms with Gasteiger partial charge in [0.2, 0.25) is 0 Å². The molecule has 5 heteroatoms. The molecule has 2 atom stereocenters. The molecule has 0 amide bonds. The van der Waals surface area contributed by atoms with E-state index in [4.69, 9.17) is 0 Å². The second-order valence-corrected chi connectivity index (χ2v) is 15.7. The van der Waals surface area contributed by atoms with Gasteiger partial charge in [0.15, 0.2) is 21.2 Å². The van der Waals surface area contributed by atoms with Gasteiger partial charge in [0.25, 0.3) is 0 Å². The Labute approximate surface area is 263 Å². The van der Waals surface area contributed by atoms with Crippen molar-refractivity contribution in [2.24, 2.45) is 10.8 Å². The van der Waals surface area contributed by atoms with E-state index >= 15 is 0 Å². The number of hydrogen-bond donors (Lipinski definition) is 2. The molecule has 2 heterocycles. The van der Waals surface area contributed by atoms with Crippen molar-refractivity contribution in [3.8, 4) is 43.8 Å². The van der Waals surface area contributed by atoms with Crippen LogP contribution in [0.2, 0.25) is 0 Å². The second-order valence-electron chi connectivity index (χ2n) is 13.1. The smallest absolute Gasteiger partial charge is 0.196 e. The molecule has 2 aromatic heterocycles. The summed E-state index contributed by atoms with van der Waals surface area (Å²) in [6, 6.07) is 25.3. The van der Waals surface area contributed by atoms with Gasteiger partial charge in [-0.15, -0.1) is 0 Å². The molecule has 0 bridgehead atoms. The fraction of sp³-hybridized carbons (Fsp3) is 0.389. The zero-order valence-electron chi connectivity index (χ0n) is 24.2. The van der Waals surface area contributed by atoms with Crippen molar-refractivity contribution in [2.75, 3.05) is 0 Å². The topological polar surface area (TPSA) is 40.5 Å². The van der Waals surface area contributed by atoms with Gasteiger partial charge in [-0.05, 0) is 109 Å². The Hall–Kier alpha value is -1.97. The Bertz CT molecular complexity index is 1410. The second kappa shape index (κ2) is 12.7. The molecule has 2 aliphatic rings. The summed E-state index contributed by atoms with van der Waals surface area (Å²) in [5.41, 5.74) is 5.42. The van der Waals surface area contributed by atoms with E-state index in [9.17, 15) is 10.2 Å². The van der Waals surface area contributed by atoms with Crippen LogP contribution in [0, 0.1) is 10.8 Å². The predicted molar refractivity (Wildman–Crippen MR) is 174 cm³/mol. The molecule has 2 aliphatic carbocycles. The van der Waals surface area contributed by atoms with E-state index < -0.39 is 0 Å². The van der Waals surface area contributed by atoms with Gasteiger partial charge in [-0.3, -0.25) is 0 Å². The average Bonchev–Trinajstić information content (AvgIpc) is 3.56. The third-order valence-corrected chi connectivity index (χ3v) is 12.4. The molecule has 0 saturated heterocycles. The van der Waals surface area contributed by atoms with Crippen LogP contribution in [-0.4, -0.2) is 10.2 Å². The number of aromatic hydroxyl groups is 2. The first-order valence-corrected chi connectivity index (χ1v) is 17.0. The molecule has 0 aliphatic heterocycles. The maximum atomic E-state index is 10.8. The quantitative estimate of drug-likeness (QED) is 0.197. The van der Waals surface area contributed by atoms with E-state index in [1.807, 2.05) is 36.4 Å². The molecular weight excluding hydrogens is 721 g/mol. The van der Waals surface area contributed by atoms with Crippen LogP contribution in [0.15, 0.2) is 72.8 Å². The van der Waals surface area contributed by atoms with Gasteiger partial charge in [-0.1, -0.05) is 63.8 Å². The molecule has 2 nitrogen and oxygen atoms in total. The maximum Gasteiger partial charge on any atom is 0.196 e. The van der Waals surface area contributed by atoms with Crippen LogP contribution in [0.3, 0.4) is 0 Å². The largest absolute Gasteiger partial charge is 0.507 e. The van der Waals surface area contributed by atoms with Crippen LogP contribution in [0.25, 0.3) is 32.3 Å². The van der Waals surface area contributed by atoms with Gasteiger partial charge in [0.05, 0.1) is 11.1 Å². The number of benzene rings is 2. The maximum absolute atomic E-state index is 10.8. The molecule has 2 saturated carbocycles. The van der Waals surface area contributed by atoms with Gasteiger partial charge >= 0.3 is 0 Å². The van der Waals surface area contributed by atoms with E-state index in [-0.39, 0.29) is 21.1 Å². The van der Waals surface area contributed by atoms with Crippen molar-refractivity contribution in [3.63, 3.8) is 0 Å². The van der Waals surface area contributed by atoms with E-state index in [1.165, 1.54) is 83.7 Å². The molecule has 6 rings (SSSR count). The molecule has 2 fully saturated rings. The molecule has 0 radical (unpaired) electrons. The van der Waals surface area contributed by atoms with Crippen molar-refractivity contribution >= 4 is 16.4 Å². The summed E-state index contributed by atoms with van der Waals surface area (Å²) < 4.78 is 0. The first kappa shape index (κ1) is 30.5. The SMILES string of the molecule is CC1(Cc2cc(-c3cc(CC4(C)CCCC4)cc(-c4ccccc4O)[pH+]3)[pH+]c(-c3ccccc3O)c2)CCCC1.[Pt]. The van der Waals surface area contributed by atoms with Gasteiger partial charge < -0.3 is 10.2 Å². The molecule has 4 aromatic rings. The minimum absolute atomic E-state index is 0. The summed E-state index contributed by atoms with van der Waals surface area (Å²) in [4.78, 5) is 0. The first-order chi connectivity index (χ1) is 19.3. The number of phenolic OH excluding ortho intramolecular Hbond substituents is 2. The van der Waals surface area contributed by atoms with Gasteiger partial charge in [-0.2, -0.15) is 0 Å². The van der Waals surface area contributed by atoms with E-state index in [1.54, 1.807) is 0 Å². The molecule has 2 unspecified atom stereocenters. The summed E-state index contributed by atoms with van der Waals surface area (Å²) in [7, 11) is 0.980. The Morgan fingerprint density at radius 2 is 0.902 bits per heavy atom. The van der Waals surface area contributed by atoms with Crippen molar-refractivity contribution in [2.45, 2.75) is 78.1 Å². The summed E-state index contributed by atoms with van der Waals surface area (Å²) in [6.45, 7) is 4.92. The fourth-order valence-electron chi connectivity index (χ4n) is 7.24. The Morgan fingerprint density at radius 1 is 0.561 bits per heavy atom. The minimum Gasteiger partial charge on any atom is -0.507 e. The van der Waals surface area contributed by atoms with Crippen LogP contribution >= 0.6 is 16.4 Å². The monoisotopic (exact) mass is 763 g/mol. The Morgan fingerprint density at radius 3 is 1.27 bits per heavy atom. The summed E-state index contributed by atoms with van der Waals surface area (Å²) in [6.07, 6.45) is 12.7. The van der Waals surface area contributed by atoms with Crippen molar-refractivity contribution in [1.29, 1.82) is 0 Å². The van der Waals surface area contributed by atoms with Crippen LogP contribution in [0.1, 0.15) is 76.3 Å². The Kier molecular flexibility index (Phi) is 9.46. The predicted octanol–water partition coefficient (Wildman–Crippen LogP) is 11.0. The normalized spacial score (nSPS) is 17.7. The van der Waals surface area contributed by atoms with Crippen LogP contribution in [0.5, 0.6) is 11.5 Å². The number of hydrogen-bond acceptors (Lipinski definition) is 2. The van der Waals surface area contributed by atoms with Crippen molar-refractivity contribution in [1.82, 2.24) is 0 Å². The Balaban J connectivity index is 0.00000337. The number of rotatable bonds is 7. The molecule has 216 valence electrons. The summed E-state index contributed by atoms with van der Waals surface area (Å²) >= 11 is 0. The molecule has 41 heavy (non-hydrogen) atoms. The molecule has 2 N–H and O–H groups in total.